The summed E-state index contributed by atoms with van der Waals surface area (Å²) in [6.45, 7) is 2.03. The van der Waals surface area contributed by atoms with E-state index in [4.69, 9.17) is 0 Å². The lowest BCUT2D eigenvalue weighted by Gasteiger charge is -2.11. The monoisotopic (exact) mass is 276 g/mol. The number of nitrogens with zero attached hydrogens (tertiary/aromatic N) is 1. The molecule has 0 atom stereocenters. The van der Waals surface area contributed by atoms with Crippen LogP contribution in [0.3, 0.4) is 0 Å². The summed E-state index contributed by atoms with van der Waals surface area (Å²) < 4.78 is 26.1. The van der Waals surface area contributed by atoms with E-state index in [-0.39, 0.29) is 6.54 Å². The predicted octanol–water partition coefficient (Wildman–Crippen LogP) is 2.21. The van der Waals surface area contributed by atoms with Crippen molar-refractivity contribution in [3.05, 3.63) is 42.1 Å². The van der Waals surface area contributed by atoms with E-state index in [2.05, 4.69) is 9.71 Å². The number of nitrogens with one attached hydrogen (secondary N) is 1. The van der Waals surface area contributed by atoms with Crippen LogP contribution < -0.4 is 4.72 Å². The maximum absolute atomic E-state index is 12.0. The maximum Gasteiger partial charge on any atom is 0.217 e. The Morgan fingerprint density at radius 3 is 2.68 bits per heavy atom. The SMILES string of the molecule is CC1(S(=O)(=O)NCc2ccc3ccccc3n2)CC1. The van der Waals surface area contributed by atoms with Crippen LogP contribution in [0.25, 0.3) is 10.9 Å². The van der Waals surface area contributed by atoms with Gasteiger partial charge in [0.05, 0.1) is 22.5 Å². The quantitative estimate of drug-likeness (QED) is 0.931. The van der Waals surface area contributed by atoms with Crippen molar-refractivity contribution in [1.82, 2.24) is 9.71 Å². The largest absolute Gasteiger partial charge is 0.251 e. The molecule has 1 aliphatic carbocycles. The van der Waals surface area contributed by atoms with E-state index in [0.29, 0.717) is 0 Å². The highest BCUT2D eigenvalue weighted by Crippen LogP contribution is 2.42. The molecule has 1 aromatic heterocycles. The van der Waals surface area contributed by atoms with E-state index in [1.54, 1.807) is 6.92 Å². The van der Waals surface area contributed by atoms with Crippen LogP contribution in [-0.2, 0) is 16.6 Å². The summed E-state index contributed by atoms with van der Waals surface area (Å²) in [5.74, 6) is 0. The van der Waals surface area contributed by atoms with Gasteiger partial charge in [-0.3, -0.25) is 4.98 Å². The van der Waals surface area contributed by atoms with Crippen LogP contribution in [-0.4, -0.2) is 18.1 Å². The third kappa shape index (κ3) is 2.35. The van der Waals surface area contributed by atoms with Gasteiger partial charge in [-0.1, -0.05) is 24.3 Å². The average molecular weight is 276 g/mol. The van der Waals surface area contributed by atoms with Crippen molar-refractivity contribution >= 4 is 20.9 Å². The highest BCUT2D eigenvalue weighted by Gasteiger charge is 2.49. The second-order valence-electron chi connectivity index (χ2n) is 5.27. The number of hydrogen-bond donors (Lipinski definition) is 1. The van der Waals surface area contributed by atoms with Crippen molar-refractivity contribution < 1.29 is 8.42 Å². The lowest BCUT2D eigenvalue weighted by atomic mass is 10.2. The standard InChI is InChI=1S/C14H16N2O2S/c1-14(8-9-14)19(17,18)15-10-12-7-6-11-4-2-3-5-13(11)16-12/h2-7,15H,8-10H2,1H3. The zero-order valence-electron chi connectivity index (χ0n) is 10.8. The summed E-state index contributed by atoms with van der Waals surface area (Å²) in [6, 6.07) is 11.6. The van der Waals surface area contributed by atoms with Crippen molar-refractivity contribution in [3.63, 3.8) is 0 Å². The molecule has 0 spiro atoms. The zero-order chi connectivity index (χ0) is 13.5. The van der Waals surface area contributed by atoms with Gasteiger partial charge in [-0.05, 0) is 31.9 Å². The van der Waals surface area contributed by atoms with Crippen molar-refractivity contribution in [3.8, 4) is 0 Å². The first-order valence-electron chi connectivity index (χ1n) is 6.34. The molecule has 2 aromatic rings. The molecule has 5 heteroatoms. The van der Waals surface area contributed by atoms with Gasteiger partial charge in [0.15, 0.2) is 0 Å². The first-order chi connectivity index (χ1) is 9.00. The lowest BCUT2D eigenvalue weighted by molar-refractivity contribution is 0.565. The molecule has 19 heavy (non-hydrogen) atoms. The predicted molar refractivity (Wildman–Crippen MR) is 75.1 cm³/mol. The molecule has 1 heterocycles. The molecule has 0 radical (unpaired) electrons. The minimum atomic E-state index is -3.23. The van der Waals surface area contributed by atoms with E-state index in [0.717, 1.165) is 29.4 Å². The summed E-state index contributed by atoms with van der Waals surface area (Å²) in [5.41, 5.74) is 1.63. The minimum Gasteiger partial charge on any atom is -0.251 e. The molecular formula is C14H16N2O2S. The van der Waals surface area contributed by atoms with Gasteiger partial charge < -0.3 is 0 Å². The van der Waals surface area contributed by atoms with Crippen LogP contribution in [0.15, 0.2) is 36.4 Å². The Hall–Kier alpha value is -1.46. The Bertz CT molecular complexity index is 721. The molecule has 0 unspecified atom stereocenters. The molecule has 0 bridgehead atoms. The van der Waals surface area contributed by atoms with Crippen molar-refractivity contribution in [1.29, 1.82) is 0 Å². The van der Waals surface area contributed by atoms with Gasteiger partial charge in [0.25, 0.3) is 0 Å². The normalized spacial score (nSPS) is 17.5. The lowest BCUT2D eigenvalue weighted by Crippen LogP contribution is -2.33. The number of hydrogen-bond acceptors (Lipinski definition) is 3. The first kappa shape index (κ1) is 12.6. The topological polar surface area (TPSA) is 59.1 Å². The molecule has 1 aliphatic rings. The van der Waals surface area contributed by atoms with Crippen molar-refractivity contribution in [2.45, 2.75) is 31.1 Å². The van der Waals surface area contributed by atoms with Crippen molar-refractivity contribution in [2.75, 3.05) is 0 Å². The van der Waals surface area contributed by atoms with Gasteiger partial charge in [-0.25, -0.2) is 13.1 Å². The fraction of sp³-hybridized carbons (Fsp3) is 0.357. The number of aromatic nitrogens is 1. The molecule has 1 fully saturated rings. The summed E-state index contributed by atoms with van der Waals surface area (Å²) in [4.78, 5) is 4.45. The summed E-state index contributed by atoms with van der Waals surface area (Å²) in [7, 11) is -3.23. The summed E-state index contributed by atoms with van der Waals surface area (Å²) in [6.07, 6.45) is 1.49. The van der Waals surface area contributed by atoms with Gasteiger partial charge in [0, 0.05) is 5.39 Å². The zero-order valence-corrected chi connectivity index (χ0v) is 11.6. The van der Waals surface area contributed by atoms with E-state index in [1.807, 2.05) is 36.4 Å². The number of rotatable bonds is 4. The van der Waals surface area contributed by atoms with Crippen LogP contribution in [0.1, 0.15) is 25.5 Å². The second kappa shape index (κ2) is 4.28. The maximum atomic E-state index is 12.0. The number of para-hydroxylation sites is 1. The first-order valence-corrected chi connectivity index (χ1v) is 7.82. The molecule has 1 N–H and O–H groups in total. The summed E-state index contributed by atoms with van der Waals surface area (Å²) in [5, 5.41) is 1.06. The van der Waals surface area contributed by atoms with Crippen molar-refractivity contribution in [2.24, 2.45) is 0 Å². The minimum absolute atomic E-state index is 0.253. The highest BCUT2D eigenvalue weighted by atomic mass is 32.2. The van der Waals surface area contributed by atoms with Crippen LogP contribution in [0.2, 0.25) is 0 Å². The number of pyridine rings is 1. The molecule has 100 valence electrons. The van der Waals surface area contributed by atoms with Gasteiger partial charge in [0.2, 0.25) is 10.0 Å². The molecule has 1 saturated carbocycles. The Labute approximate surface area is 112 Å². The van der Waals surface area contributed by atoms with E-state index in [1.165, 1.54) is 0 Å². The molecule has 0 saturated heterocycles. The van der Waals surface area contributed by atoms with Gasteiger partial charge in [-0.15, -0.1) is 0 Å². The Balaban J connectivity index is 1.79. The number of sulfonamides is 1. The molecule has 0 amide bonds. The molecule has 1 aromatic carbocycles. The Morgan fingerprint density at radius 1 is 1.21 bits per heavy atom. The Morgan fingerprint density at radius 2 is 1.95 bits per heavy atom. The summed E-state index contributed by atoms with van der Waals surface area (Å²) >= 11 is 0. The smallest absolute Gasteiger partial charge is 0.217 e. The molecule has 0 aliphatic heterocycles. The van der Waals surface area contributed by atoms with Crippen LogP contribution in [0, 0.1) is 0 Å². The second-order valence-corrected chi connectivity index (χ2v) is 7.55. The molecule has 4 nitrogen and oxygen atoms in total. The highest BCUT2D eigenvalue weighted by molar-refractivity contribution is 7.91. The van der Waals surface area contributed by atoms with Crippen LogP contribution in [0.4, 0.5) is 0 Å². The van der Waals surface area contributed by atoms with Gasteiger partial charge in [0.1, 0.15) is 0 Å². The Kier molecular flexibility index (Phi) is 2.83. The third-order valence-electron chi connectivity index (χ3n) is 3.70. The third-order valence-corrected chi connectivity index (χ3v) is 5.93. The van der Waals surface area contributed by atoms with Gasteiger partial charge in [-0.2, -0.15) is 0 Å². The fourth-order valence-electron chi connectivity index (χ4n) is 1.99. The van der Waals surface area contributed by atoms with E-state index in [9.17, 15) is 8.42 Å². The van der Waals surface area contributed by atoms with Crippen LogP contribution in [0.5, 0.6) is 0 Å². The van der Waals surface area contributed by atoms with E-state index >= 15 is 0 Å². The average Bonchev–Trinajstić information content (AvgIpc) is 3.16. The van der Waals surface area contributed by atoms with Crippen LogP contribution >= 0.6 is 0 Å². The number of fused-ring (bicyclic) bond motifs is 1. The number of benzene rings is 1. The molecule has 3 rings (SSSR count). The fourth-order valence-corrected chi connectivity index (χ4v) is 3.32. The molecular weight excluding hydrogens is 260 g/mol. The van der Waals surface area contributed by atoms with E-state index < -0.39 is 14.8 Å². The van der Waals surface area contributed by atoms with Gasteiger partial charge >= 0.3 is 0 Å².